The van der Waals surface area contributed by atoms with Gasteiger partial charge >= 0.3 is 12.3 Å². The number of benzene rings is 3. The lowest BCUT2D eigenvalue weighted by Gasteiger charge is -2.19. The lowest BCUT2D eigenvalue weighted by atomic mass is 9.86. The highest BCUT2D eigenvalue weighted by Gasteiger charge is 2.31. The van der Waals surface area contributed by atoms with Gasteiger partial charge in [-0.2, -0.15) is 0 Å². The quantitative estimate of drug-likeness (QED) is 0.253. The first kappa shape index (κ1) is 27.0. The number of alkyl halides is 3. The van der Waals surface area contributed by atoms with Crippen LogP contribution in [0.5, 0.6) is 5.75 Å². The number of hydrogen-bond donors (Lipinski definition) is 0. The number of carbonyl (C=O) groups excluding carboxylic acids is 2. The van der Waals surface area contributed by atoms with Crippen molar-refractivity contribution in [3.05, 3.63) is 101 Å². The molecular weight excluding hydrogens is 495 g/mol. The molecule has 0 aliphatic carbocycles. The van der Waals surface area contributed by atoms with Crippen molar-refractivity contribution in [2.24, 2.45) is 0 Å². The molecule has 0 N–H and O–H groups in total. The predicted molar refractivity (Wildman–Crippen MR) is 138 cm³/mol. The van der Waals surface area contributed by atoms with Crippen LogP contribution in [0, 0.1) is 6.92 Å². The Morgan fingerprint density at radius 2 is 1.55 bits per heavy atom. The molecule has 0 aliphatic heterocycles. The van der Waals surface area contributed by atoms with E-state index in [9.17, 15) is 22.8 Å². The molecule has 0 radical (unpaired) electrons. The van der Waals surface area contributed by atoms with E-state index in [-0.39, 0.29) is 24.0 Å². The molecule has 3 aromatic carbocycles. The Morgan fingerprint density at radius 1 is 0.895 bits per heavy atom. The van der Waals surface area contributed by atoms with Crippen LogP contribution in [0.1, 0.15) is 53.5 Å². The van der Waals surface area contributed by atoms with Crippen molar-refractivity contribution >= 4 is 22.8 Å². The monoisotopic (exact) mass is 523 g/mol. The topological polar surface area (TPSA) is 57.5 Å². The van der Waals surface area contributed by atoms with Gasteiger partial charge in [-0.25, -0.2) is 0 Å². The van der Waals surface area contributed by atoms with Crippen LogP contribution >= 0.6 is 0 Å². The van der Waals surface area contributed by atoms with Crippen LogP contribution in [0.4, 0.5) is 13.2 Å². The average molecular weight is 524 g/mol. The third-order valence-electron chi connectivity index (χ3n) is 6.30. The maximum Gasteiger partial charge on any atom is 0.573 e. The molecule has 0 unspecified atom stereocenters. The van der Waals surface area contributed by atoms with Crippen LogP contribution < -0.4 is 4.74 Å². The summed E-state index contributed by atoms with van der Waals surface area (Å²) in [5.41, 5.74) is 3.72. The molecule has 38 heavy (non-hydrogen) atoms. The van der Waals surface area contributed by atoms with Crippen LogP contribution in [-0.2, 0) is 28.0 Å². The van der Waals surface area contributed by atoms with Gasteiger partial charge in [0.2, 0.25) is 0 Å². The number of esters is 1. The smallest absolute Gasteiger partial charge is 0.461 e. The Kier molecular flexibility index (Phi) is 7.35. The fourth-order valence-electron chi connectivity index (χ4n) is 4.30. The van der Waals surface area contributed by atoms with E-state index in [1.807, 2.05) is 48.5 Å². The number of rotatable bonds is 6. The van der Waals surface area contributed by atoms with Gasteiger partial charge in [-0.1, -0.05) is 57.2 Å². The lowest BCUT2D eigenvalue weighted by Crippen LogP contribution is -2.17. The molecule has 8 heteroatoms. The number of nitrogens with zero attached hydrogens (tertiary/aromatic N) is 1. The summed E-state index contributed by atoms with van der Waals surface area (Å²) in [4.78, 5) is 26.4. The van der Waals surface area contributed by atoms with Crippen molar-refractivity contribution in [1.29, 1.82) is 0 Å². The standard InChI is InChI=1S/C30H28F3NO4/c1-19-24(17-27(35)37-18-20-8-6-5-7-9-20)25-16-22(29(2,3)4)12-15-26(25)34(19)28(36)21-10-13-23(14-11-21)38-30(31,32)33/h5-16H,17-18H2,1-4H3. The number of hydrogen-bond acceptors (Lipinski definition) is 4. The summed E-state index contributed by atoms with van der Waals surface area (Å²) in [6.07, 6.45) is -4.87. The van der Waals surface area contributed by atoms with Crippen LogP contribution in [-0.4, -0.2) is 22.8 Å². The largest absolute Gasteiger partial charge is 0.573 e. The van der Waals surface area contributed by atoms with Gasteiger partial charge in [0, 0.05) is 16.6 Å². The Morgan fingerprint density at radius 3 is 2.16 bits per heavy atom. The Bertz CT molecular complexity index is 1460. The van der Waals surface area contributed by atoms with Crippen LogP contribution in [0.15, 0.2) is 72.8 Å². The van der Waals surface area contributed by atoms with Gasteiger partial charge in [0.1, 0.15) is 12.4 Å². The van der Waals surface area contributed by atoms with Crippen molar-refractivity contribution < 1.29 is 32.2 Å². The van der Waals surface area contributed by atoms with Gasteiger partial charge in [-0.05, 0) is 65.4 Å². The van der Waals surface area contributed by atoms with Crippen LogP contribution in [0.2, 0.25) is 0 Å². The summed E-state index contributed by atoms with van der Waals surface area (Å²) in [7, 11) is 0. The minimum Gasteiger partial charge on any atom is -0.461 e. The molecule has 0 amide bonds. The summed E-state index contributed by atoms with van der Waals surface area (Å²) in [5, 5.41) is 0.747. The molecule has 0 saturated carbocycles. The first-order valence-corrected chi connectivity index (χ1v) is 12.1. The zero-order valence-electron chi connectivity index (χ0n) is 21.6. The number of aromatic nitrogens is 1. The first-order chi connectivity index (χ1) is 17.8. The molecule has 0 atom stereocenters. The van der Waals surface area contributed by atoms with E-state index in [2.05, 4.69) is 25.5 Å². The number of halogens is 3. The van der Waals surface area contributed by atoms with E-state index in [0.29, 0.717) is 16.8 Å². The van der Waals surface area contributed by atoms with E-state index in [1.165, 1.54) is 16.7 Å². The van der Waals surface area contributed by atoms with Crippen molar-refractivity contribution in [3.63, 3.8) is 0 Å². The molecule has 1 aromatic heterocycles. The van der Waals surface area contributed by atoms with Crippen LogP contribution in [0.25, 0.3) is 10.9 Å². The zero-order chi connectivity index (χ0) is 27.7. The Balaban J connectivity index is 1.70. The maximum absolute atomic E-state index is 13.6. The lowest BCUT2D eigenvalue weighted by molar-refractivity contribution is -0.274. The SMILES string of the molecule is Cc1c(CC(=O)OCc2ccccc2)c2cc(C(C)(C)C)ccc2n1C(=O)c1ccc(OC(F)(F)F)cc1. The molecule has 4 rings (SSSR count). The average Bonchev–Trinajstić information content (AvgIpc) is 3.12. The maximum atomic E-state index is 13.6. The van der Waals surface area contributed by atoms with Gasteiger partial charge < -0.3 is 9.47 Å². The molecule has 198 valence electrons. The molecule has 0 aliphatic rings. The molecule has 0 bridgehead atoms. The van der Waals surface area contributed by atoms with Crippen molar-refractivity contribution in [1.82, 2.24) is 4.57 Å². The predicted octanol–water partition coefficient (Wildman–Crippen LogP) is 7.12. The molecule has 0 spiro atoms. The third-order valence-corrected chi connectivity index (χ3v) is 6.30. The molecule has 4 aromatic rings. The minimum absolute atomic E-state index is 0.0403. The van der Waals surface area contributed by atoms with Gasteiger partial charge in [0.05, 0.1) is 11.9 Å². The van der Waals surface area contributed by atoms with E-state index in [0.717, 1.165) is 28.6 Å². The van der Waals surface area contributed by atoms with Gasteiger partial charge in [0.25, 0.3) is 5.91 Å². The summed E-state index contributed by atoms with van der Waals surface area (Å²) < 4.78 is 48.5. The van der Waals surface area contributed by atoms with E-state index < -0.39 is 24.0 Å². The van der Waals surface area contributed by atoms with E-state index >= 15 is 0 Å². The number of ether oxygens (including phenoxy) is 2. The minimum atomic E-state index is -4.83. The second-order valence-electron chi connectivity index (χ2n) is 10.1. The fourth-order valence-corrected chi connectivity index (χ4v) is 4.30. The molecule has 0 saturated heterocycles. The van der Waals surface area contributed by atoms with Crippen molar-refractivity contribution in [2.75, 3.05) is 0 Å². The highest BCUT2D eigenvalue weighted by molar-refractivity contribution is 6.05. The third kappa shape index (κ3) is 6.07. The highest BCUT2D eigenvalue weighted by atomic mass is 19.4. The Hall–Kier alpha value is -4.07. The normalized spacial score (nSPS) is 12.0. The van der Waals surface area contributed by atoms with E-state index in [4.69, 9.17) is 4.74 Å². The molecule has 1 heterocycles. The Labute approximate surface area is 218 Å². The van der Waals surface area contributed by atoms with Gasteiger partial charge in [-0.3, -0.25) is 14.2 Å². The van der Waals surface area contributed by atoms with Crippen LogP contribution in [0.3, 0.4) is 0 Å². The summed E-state index contributed by atoms with van der Waals surface area (Å²) >= 11 is 0. The number of fused-ring (bicyclic) bond motifs is 1. The second kappa shape index (κ2) is 10.4. The second-order valence-corrected chi connectivity index (χ2v) is 10.1. The van der Waals surface area contributed by atoms with Gasteiger partial charge in [0.15, 0.2) is 0 Å². The first-order valence-electron chi connectivity index (χ1n) is 12.1. The summed E-state index contributed by atoms with van der Waals surface area (Å²) in [6, 6.07) is 19.8. The zero-order valence-corrected chi connectivity index (χ0v) is 21.6. The van der Waals surface area contributed by atoms with Crippen molar-refractivity contribution in [2.45, 2.75) is 52.5 Å². The van der Waals surface area contributed by atoms with Crippen molar-refractivity contribution in [3.8, 4) is 5.75 Å². The van der Waals surface area contributed by atoms with E-state index in [1.54, 1.807) is 6.92 Å². The highest BCUT2D eigenvalue weighted by Crippen LogP contribution is 2.33. The molecular formula is C30H28F3NO4. The molecule has 0 fully saturated rings. The number of carbonyl (C=O) groups is 2. The fraction of sp³-hybridized carbons (Fsp3) is 0.267. The summed E-state index contributed by atoms with van der Waals surface area (Å²) in [6.45, 7) is 8.09. The molecule has 5 nitrogen and oxygen atoms in total. The van der Waals surface area contributed by atoms with Gasteiger partial charge in [-0.15, -0.1) is 13.2 Å². The summed E-state index contributed by atoms with van der Waals surface area (Å²) in [5.74, 6) is -1.28.